The summed E-state index contributed by atoms with van der Waals surface area (Å²) in [5.74, 6) is -2.46. The molecule has 0 aliphatic rings. The maximum absolute atomic E-state index is 13.3. The Morgan fingerprint density at radius 2 is 1.81 bits per heavy atom. The van der Waals surface area contributed by atoms with Crippen molar-refractivity contribution in [2.24, 2.45) is 5.73 Å². The number of nitrogens with two attached hydrogens (primary N) is 2. The van der Waals surface area contributed by atoms with Gasteiger partial charge >= 0.3 is 12.1 Å². The standard InChI is InChI=1S/C22H28N8O6/c1-36-21(35)30-22(7-6-18(32)33,8-13-2-4-14(5-3-13)19(24)25)20(34)29-12-17(31)28-10-15-9-27-16(23)11-26-15/h2-5,9,11H,6-8,10,12H2,1H3,(H2,23,27)(H3,24,25)(H,28,31)(H,29,34)(H,30,35)(H,32,33)/t22-/m1/s1. The first-order valence-corrected chi connectivity index (χ1v) is 10.7. The number of benzene rings is 1. The fraction of sp³-hybridized carbons (Fsp3) is 0.318. The highest BCUT2D eigenvalue weighted by atomic mass is 16.5. The van der Waals surface area contributed by atoms with Gasteiger partial charge in [-0.1, -0.05) is 24.3 Å². The van der Waals surface area contributed by atoms with Crippen molar-refractivity contribution in [1.29, 1.82) is 5.41 Å². The normalized spacial score (nSPS) is 12.0. The number of nitrogens with zero attached hydrogens (tertiary/aromatic N) is 2. The Morgan fingerprint density at radius 1 is 1.11 bits per heavy atom. The highest BCUT2D eigenvalue weighted by Gasteiger charge is 2.41. The molecule has 0 fully saturated rings. The highest BCUT2D eigenvalue weighted by Crippen LogP contribution is 2.21. The average Bonchev–Trinajstić information content (AvgIpc) is 2.85. The number of alkyl carbamates (subject to hydrolysis) is 1. The van der Waals surface area contributed by atoms with Gasteiger partial charge in [0.1, 0.15) is 17.2 Å². The number of anilines is 1. The number of amidine groups is 1. The molecular weight excluding hydrogens is 472 g/mol. The van der Waals surface area contributed by atoms with Crippen LogP contribution in [-0.2, 0) is 32.1 Å². The molecule has 3 amide bonds. The van der Waals surface area contributed by atoms with Crippen LogP contribution in [0.4, 0.5) is 10.6 Å². The van der Waals surface area contributed by atoms with E-state index in [-0.39, 0.29) is 31.0 Å². The first-order valence-electron chi connectivity index (χ1n) is 10.7. The van der Waals surface area contributed by atoms with E-state index in [2.05, 4.69) is 30.7 Å². The Morgan fingerprint density at radius 3 is 2.36 bits per heavy atom. The van der Waals surface area contributed by atoms with Crippen molar-refractivity contribution in [1.82, 2.24) is 25.9 Å². The molecule has 1 atom stereocenters. The Hall–Kier alpha value is -4.75. The zero-order valence-corrected chi connectivity index (χ0v) is 19.5. The van der Waals surface area contributed by atoms with Gasteiger partial charge in [0, 0.05) is 18.4 Å². The third-order valence-electron chi connectivity index (χ3n) is 5.10. The fourth-order valence-electron chi connectivity index (χ4n) is 3.20. The number of carboxylic acid groups (broad SMARTS) is 1. The lowest BCUT2D eigenvalue weighted by Gasteiger charge is -2.33. The van der Waals surface area contributed by atoms with Crippen LogP contribution >= 0.6 is 0 Å². The maximum Gasteiger partial charge on any atom is 0.407 e. The molecule has 36 heavy (non-hydrogen) atoms. The molecule has 14 heteroatoms. The number of nitrogens with one attached hydrogen (secondary N) is 4. The summed E-state index contributed by atoms with van der Waals surface area (Å²) < 4.78 is 4.65. The second-order valence-electron chi connectivity index (χ2n) is 7.77. The lowest BCUT2D eigenvalue weighted by molar-refractivity contribution is -0.138. The fourth-order valence-corrected chi connectivity index (χ4v) is 3.20. The Kier molecular flexibility index (Phi) is 9.65. The maximum atomic E-state index is 13.3. The summed E-state index contributed by atoms with van der Waals surface area (Å²) in [6, 6.07) is 6.31. The van der Waals surface area contributed by atoms with Gasteiger partial charge in [0.25, 0.3) is 0 Å². The first kappa shape index (κ1) is 27.5. The molecule has 0 saturated carbocycles. The van der Waals surface area contributed by atoms with Gasteiger partial charge < -0.3 is 37.3 Å². The van der Waals surface area contributed by atoms with E-state index in [1.54, 1.807) is 24.3 Å². The Labute approximate surface area is 206 Å². The topological polar surface area (TPSA) is 236 Å². The van der Waals surface area contributed by atoms with Crippen molar-refractivity contribution < 1.29 is 29.0 Å². The van der Waals surface area contributed by atoms with Crippen molar-refractivity contribution in [2.75, 3.05) is 19.4 Å². The predicted molar refractivity (Wildman–Crippen MR) is 128 cm³/mol. The molecule has 0 bridgehead atoms. The minimum atomic E-state index is -1.76. The highest BCUT2D eigenvalue weighted by molar-refractivity contribution is 5.95. The van der Waals surface area contributed by atoms with E-state index >= 15 is 0 Å². The molecule has 1 heterocycles. The number of hydrogen-bond donors (Lipinski definition) is 7. The molecule has 1 aromatic heterocycles. The van der Waals surface area contributed by atoms with Gasteiger partial charge in [-0.3, -0.25) is 24.8 Å². The summed E-state index contributed by atoms with van der Waals surface area (Å²) in [5.41, 5.74) is 10.6. The van der Waals surface area contributed by atoms with Crippen molar-refractivity contribution in [3.8, 4) is 0 Å². The van der Waals surface area contributed by atoms with Crippen molar-refractivity contribution >= 4 is 35.5 Å². The van der Waals surface area contributed by atoms with Crippen LogP contribution in [0.25, 0.3) is 0 Å². The van der Waals surface area contributed by atoms with Crippen molar-refractivity contribution in [3.63, 3.8) is 0 Å². The molecule has 1 aromatic carbocycles. The van der Waals surface area contributed by atoms with E-state index in [0.717, 1.165) is 7.11 Å². The zero-order chi connectivity index (χ0) is 26.7. The number of carbonyl (C=O) groups is 4. The summed E-state index contributed by atoms with van der Waals surface area (Å²) in [6.07, 6.45) is 0.903. The second kappa shape index (κ2) is 12.6. The molecule has 9 N–H and O–H groups in total. The molecule has 0 saturated heterocycles. The van der Waals surface area contributed by atoms with Gasteiger partial charge in [0.2, 0.25) is 11.8 Å². The van der Waals surface area contributed by atoms with Gasteiger partial charge in [0.15, 0.2) is 0 Å². The van der Waals surface area contributed by atoms with Crippen LogP contribution in [0.3, 0.4) is 0 Å². The summed E-state index contributed by atoms with van der Waals surface area (Å²) in [6.45, 7) is -0.419. The number of nitrogen functional groups attached to an aromatic ring is 2. The van der Waals surface area contributed by atoms with Crippen LogP contribution in [0.5, 0.6) is 0 Å². The largest absolute Gasteiger partial charge is 0.481 e. The minimum absolute atomic E-state index is 0.0368. The monoisotopic (exact) mass is 500 g/mol. The van der Waals surface area contributed by atoms with Gasteiger partial charge in [-0.15, -0.1) is 0 Å². The molecule has 14 nitrogen and oxygen atoms in total. The lowest BCUT2D eigenvalue weighted by Crippen LogP contribution is -2.61. The number of methoxy groups -OCH3 is 1. The Balaban J connectivity index is 2.19. The summed E-state index contributed by atoms with van der Waals surface area (Å²) in [5, 5.41) is 24.2. The number of carboxylic acids is 1. The lowest BCUT2D eigenvalue weighted by atomic mass is 9.85. The summed E-state index contributed by atoms with van der Waals surface area (Å²) >= 11 is 0. The van der Waals surface area contributed by atoms with Crippen LogP contribution in [0.15, 0.2) is 36.7 Å². The zero-order valence-electron chi connectivity index (χ0n) is 19.5. The number of aromatic nitrogens is 2. The Bertz CT molecular complexity index is 1110. The number of rotatable bonds is 12. The number of ether oxygens (including phenoxy) is 1. The summed E-state index contributed by atoms with van der Waals surface area (Å²) in [4.78, 5) is 56.9. The van der Waals surface area contributed by atoms with Crippen molar-refractivity contribution in [2.45, 2.75) is 31.3 Å². The number of carbonyl (C=O) groups excluding carboxylic acids is 3. The van der Waals surface area contributed by atoms with E-state index in [9.17, 15) is 24.3 Å². The van der Waals surface area contributed by atoms with Gasteiger partial charge in [-0.2, -0.15) is 0 Å². The van der Waals surface area contributed by atoms with Gasteiger partial charge in [0.05, 0.1) is 38.3 Å². The number of hydrogen-bond acceptors (Lipinski definition) is 9. The van der Waals surface area contributed by atoms with Crippen LogP contribution in [-0.4, -0.2) is 64.0 Å². The van der Waals surface area contributed by atoms with E-state index < -0.39 is 42.4 Å². The molecule has 0 spiro atoms. The van der Waals surface area contributed by atoms with E-state index in [1.807, 2.05) is 0 Å². The molecular formula is C22H28N8O6. The van der Waals surface area contributed by atoms with Gasteiger partial charge in [-0.05, 0) is 12.0 Å². The SMILES string of the molecule is COC(=O)N[C@](CCC(=O)O)(Cc1ccc(C(=N)N)cc1)C(=O)NCC(=O)NCc1cnc(N)cn1. The molecule has 2 aromatic rings. The van der Waals surface area contributed by atoms with E-state index in [4.69, 9.17) is 16.9 Å². The number of amides is 3. The molecule has 0 aliphatic heterocycles. The minimum Gasteiger partial charge on any atom is -0.481 e. The van der Waals surface area contributed by atoms with Crippen LogP contribution in [0.2, 0.25) is 0 Å². The van der Waals surface area contributed by atoms with Crippen molar-refractivity contribution in [3.05, 3.63) is 53.5 Å². The first-order chi connectivity index (χ1) is 17.0. The molecule has 0 radical (unpaired) electrons. The third-order valence-corrected chi connectivity index (χ3v) is 5.10. The predicted octanol–water partition coefficient (Wildman–Crippen LogP) is -0.722. The third kappa shape index (κ3) is 8.23. The number of aliphatic carboxylic acids is 1. The molecule has 2 rings (SSSR count). The smallest absolute Gasteiger partial charge is 0.407 e. The van der Waals surface area contributed by atoms with Crippen LogP contribution in [0.1, 0.15) is 29.7 Å². The second-order valence-corrected chi connectivity index (χ2v) is 7.77. The van der Waals surface area contributed by atoms with Crippen LogP contribution < -0.4 is 27.4 Å². The quantitative estimate of drug-likeness (QED) is 0.142. The van der Waals surface area contributed by atoms with E-state index in [0.29, 0.717) is 16.8 Å². The average molecular weight is 501 g/mol. The summed E-state index contributed by atoms with van der Waals surface area (Å²) in [7, 11) is 1.10. The molecule has 192 valence electrons. The van der Waals surface area contributed by atoms with E-state index in [1.165, 1.54) is 12.4 Å². The van der Waals surface area contributed by atoms with Crippen LogP contribution in [0, 0.1) is 5.41 Å². The molecule has 0 unspecified atom stereocenters. The molecule has 0 aliphatic carbocycles. The van der Waals surface area contributed by atoms with Gasteiger partial charge in [-0.25, -0.2) is 9.78 Å².